The molecule has 1 N–H and O–H groups in total. The summed E-state index contributed by atoms with van der Waals surface area (Å²) in [4.78, 5) is 14.7. The molecule has 0 fully saturated rings. The number of rotatable bonds is 8. The van der Waals surface area contributed by atoms with E-state index in [9.17, 15) is 4.79 Å². The quantitative estimate of drug-likeness (QED) is 0.586. The van der Waals surface area contributed by atoms with Gasteiger partial charge in [-0.05, 0) is 65.3 Å². The number of aliphatic hydroxyl groups is 1. The summed E-state index contributed by atoms with van der Waals surface area (Å²) in [6.07, 6.45) is 2.86. The van der Waals surface area contributed by atoms with Gasteiger partial charge in [0.1, 0.15) is 0 Å². The lowest BCUT2D eigenvalue weighted by molar-refractivity contribution is 0.0865. The number of ketones is 1. The summed E-state index contributed by atoms with van der Waals surface area (Å²) >= 11 is 0. The van der Waals surface area contributed by atoms with Crippen LogP contribution in [0.1, 0.15) is 47.7 Å². The number of carbonyl (C=O) groups is 1. The summed E-state index contributed by atoms with van der Waals surface area (Å²) in [5.41, 5.74) is 3.00. The van der Waals surface area contributed by atoms with Gasteiger partial charge in [0.15, 0.2) is 5.78 Å². The van der Waals surface area contributed by atoms with Crippen LogP contribution in [0.15, 0.2) is 18.2 Å². The van der Waals surface area contributed by atoms with Crippen LogP contribution in [0.5, 0.6) is 0 Å². The van der Waals surface area contributed by atoms with E-state index in [1.807, 2.05) is 46.0 Å². The second kappa shape index (κ2) is 8.18. The van der Waals surface area contributed by atoms with E-state index in [2.05, 4.69) is 4.90 Å². The first kappa shape index (κ1) is 16.9. The predicted octanol–water partition coefficient (Wildman–Crippen LogP) is 2.97. The molecule has 0 aliphatic rings. The monoisotopic (exact) mass is 277 g/mol. The number of likely N-dealkylation sites (N-methyl/N-ethyl adjacent to an activating group) is 1. The van der Waals surface area contributed by atoms with Gasteiger partial charge >= 0.3 is 0 Å². The van der Waals surface area contributed by atoms with E-state index >= 15 is 0 Å². The van der Waals surface area contributed by atoms with Crippen molar-refractivity contribution < 1.29 is 9.90 Å². The summed E-state index contributed by atoms with van der Waals surface area (Å²) < 4.78 is 0. The summed E-state index contributed by atoms with van der Waals surface area (Å²) in [5.74, 6) is 0.191. The molecule has 1 aromatic carbocycles. The zero-order chi connectivity index (χ0) is 15.1. The third-order valence-corrected chi connectivity index (χ3v) is 3.87. The van der Waals surface area contributed by atoms with Crippen LogP contribution in [0.25, 0.3) is 0 Å². The Morgan fingerprint density at radius 3 is 2.60 bits per heavy atom. The van der Waals surface area contributed by atoms with Gasteiger partial charge in [0, 0.05) is 12.2 Å². The smallest absolute Gasteiger partial charge is 0.179 e. The number of benzene rings is 1. The van der Waals surface area contributed by atoms with Crippen LogP contribution in [-0.4, -0.2) is 42.0 Å². The fourth-order valence-corrected chi connectivity index (χ4v) is 2.27. The molecule has 0 radical (unpaired) electrons. The largest absolute Gasteiger partial charge is 0.396 e. The molecule has 0 aromatic heterocycles. The fourth-order valence-electron chi connectivity index (χ4n) is 2.27. The highest BCUT2D eigenvalue weighted by Gasteiger charge is 2.20. The topological polar surface area (TPSA) is 40.5 Å². The zero-order valence-corrected chi connectivity index (χ0v) is 13.1. The van der Waals surface area contributed by atoms with Gasteiger partial charge in [-0.25, -0.2) is 0 Å². The minimum atomic E-state index is -0.107. The first-order chi connectivity index (χ1) is 9.47. The molecule has 20 heavy (non-hydrogen) atoms. The molecule has 0 aliphatic carbocycles. The van der Waals surface area contributed by atoms with E-state index in [-0.39, 0.29) is 18.4 Å². The third-order valence-electron chi connectivity index (χ3n) is 3.87. The number of unbranched alkanes of at least 4 members (excludes halogenated alkanes) is 2. The van der Waals surface area contributed by atoms with Crippen LogP contribution in [0, 0.1) is 13.8 Å². The van der Waals surface area contributed by atoms with Crippen molar-refractivity contribution in [2.24, 2.45) is 0 Å². The average molecular weight is 277 g/mol. The number of Topliss-reactive ketones (excluding diaryl/α,β-unsaturated/α-hetero) is 1. The molecule has 1 aromatic rings. The molecular formula is C17H27NO2. The van der Waals surface area contributed by atoms with Crippen LogP contribution in [0.4, 0.5) is 0 Å². The van der Waals surface area contributed by atoms with Crippen LogP contribution >= 0.6 is 0 Å². The highest BCUT2D eigenvalue weighted by atomic mass is 16.2. The molecule has 112 valence electrons. The maximum absolute atomic E-state index is 12.6. The van der Waals surface area contributed by atoms with Gasteiger partial charge in [-0.1, -0.05) is 17.7 Å². The second-order valence-electron chi connectivity index (χ2n) is 5.62. The number of hydrogen-bond acceptors (Lipinski definition) is 3. The van der Waals surface area contributed by atoms with Crippen molar-refractivity contribution in [3.05, 3.63) is 34.9 Å². The standard InChI is InChI=1S/C17H27NO2/c1-13-8-9-14(2)16(12-13)17(20)15(3)18(4)10-6-5-7-11-19/h8-9,12,15,19H,5-7,10-11H2,1-4H3. The van der Waals surface area contributed by atoms with Crippen molar-refractivity contribution in [3.8, 4) is 0 Å². The van der Waals surface area contributed by atoms with Crippen molar-refractivity contribution in [2.45, 2.75) is 46.1 Å². The molecule has 1 atom stereocenters. The Kier molecular flexibility index (Phi) is 6.89. The average Bonchev–Trinajstić information content (AvgIpc) is 2.44. The first-order valence-electron chi connectivity index (χ1n) is 7.40. The zero-order valence-electron chi connectivity index (χ0n) is 13.1. The number of aliphatic hydroxyl groups excluding tert-OH is 1. The summed E-state index contributed by atoms with van der Waals surface area (Å²) in [7, 11) is 1.99. The van der Waals surface area contributed by atoms with Gasteiger partial charge in [0.2, 0.25) is 0 Å². The highest BCUT2D eigenvalue weighted by Crippen LogP contribution is 2.15. The lowest BCUT2D eigenvalue weighted by Gasteiger charge is -2.24. The SMILES string of the molecule is Cc1ccc(C)c(C(=O)C(C)N(C)CCCCCO)c1. The van der Waals surface area contributed by atoms with Gasteiger partial charge < -0.3 is 5.11 Å². The van der Waals surface area contributed by atoms with Crippen molar-refractivity contribution in [3.63, 3.8) is 0 Å². The van der Waals surface area contributed by atoms with Crippen molar-refractivity contribution >= 4 is 5.78 Å². The Hall–Kier alpha value is -1.19. The third kappa shape index (κ3) is 4.73. The summed E-state index contributed by atoms with van der Waals surface area (Å²) in [5, 5.41) is 8.77. The van der Waals surface area contributed by atoms with Crippen molar-refractivity contribution in [2.75, 3.05) is 20.2 Å². The van der Waals surface area contributed by atoms with Crippen LogP contribution in [-0.2, 0) is 0 Å². The molecule has 0 saturated heterocycles. The van der Waals surface area contributed by atoms with Crippen LogP contribution in [0.2, 0.25) is 0 Å². The molecule has 3 nitrogen and oxygen atoms in total. The number of aryl methyl sites for hydroxylation is 2. The molecular weight excluding hydrogens is 250 g/mol. The molecule has 0 aliphatic heterocycles. The van der Waals surface area contributed by atoms with E-state index in [4.69, 9.17) is 5.11 Å². The molecule has 0 heterocycles. The van der Waals surface area contributed by atoms with Gasteiger partial charge in [0.05, 0.1) is 6.04 Å². The second-order valence-corrected chi connectivity index (χ2v) is 5.62. The van der Waals surface area contributed by atoms with Gasteiger partial charge in [-0.15, -0.1) is 0 Å². The molecule has 1 rings (SSSR count). The van der Waals surface area contributed by atoms with Gasteiger partial charge in [-0.2, -0.15) is 0 Å². The lowest BCUT2D eigenvalue weighted by Crippen LogP contribution is -2.37. The lowest BCUT2D eigenvalue weighted by atomic mass is 9.97. The van der Waals surface area contributed by atoms with Crippen molar-refractivity contribution in [1.29, 1.82) is 0 Å². The Morgan fingerprint density at radius 1 is 1.25 bits per heavy atom. The van der Waals surface area contributed by atoms with Crippen molar-refractivity contribution in [1.82, 2.24) is 4.90 Å². The Morgan fingerprint density at radius 2 is 1.95 bits per heavy atom. The normalized spacial score (nSPS) is 12.7. The van der Waals surface area contributed by atoms with E-state index < -0.39 is 0 Å². The Balaban J connectivity index is 2.63. The molecule has 0 spiro atoms. The van der Waals surface area contributed by atoms with E-state index in [1.165, 1.54) is 0 Å². The molecule has 0 saturated carbocycles. The first-order valence-corrected chi connectivity index (χ1v) is 7.40. The van der Waals surface area contributed by atoms with E-state index in [0.717, 1.165) is 42.5 Å². The predicted molar refractivity (Wildman–Crippen MR) is 83.3 cm³/mol. The number of hydrogen-bond donors (Lipinski definition) is 1. The Bertz CT molecular complexity index is 443. The highest BCUT2D eigenvalue weighted by molar-refractivity contribution is 6.01. The summed E-state index contributed by atoms with van der Waals surface area (Å²) in [6, 6.07) is 5.92. The number of nitrogens with zero attached hydrogens (tertiary/aromatic N) is 1. The maximum atomic E-state index is 12.6. The van der Waals surface area contributed by atoms with Gasteiger partial charge in [-0.3, -0.25) is 9.69 Å². The minimum absolute atomic E-state index is 0.107. The van der Waals surface area contributed by atoms with Crippen LogP contribution < -0.4 is 0 Å². The number of carbonyl (C=O) groups excluding carboxylic acids is 1. The van der Waals surface area contributed by atoms with E-state index in [0.29, 0.717) is 0 Å². The fraction of sp³-hybridized carbons (Fsp3) is 0.588. The van der Waals surface area contributed by atoms with E-state index in [1.54, 1.807) is 0 Å². The molecule has 0 bridgehead atoms. The maximum Gasteiger partial charge on any atom is 0.179 e. The summed E-state index contributed by atoms with van der Waals surface area (Å²) in [6.45, 7) is 7.11. The molecule has 3 heteroatoms. The molecule has 1 unspecified atom stereocenters. The molecule has 0 amide bonds. The van der Waals surface area contributed by atoms with Gasteiger partial charge in [0.25, 0.3) is 0 Å². The Labute approximate surface area is 122 Å². The van der Waals surface area contributed by atoms with Crippen LogP contribution in [0.3, 0.4) is 0 Å². The minimum Gasteiger partial charge on any atom is -0.396 e.